The first-order valence-electron chi connectivity index (χ1n) is 9.55. The number of carbonyl (C=O) groups excluding carboxylic acids is 3. The highest BCUT2D eigenvalue weighted by Gasteiger charge is 2.55. The molecule has 0 unspecified atom stereocenters. The SMILES string of the molecule is Cn1cc([C@H]2CC(=O)C[C@H]3C(=O)N(c4ccccc4)C(=O)[C@@H]23)c2ccccc21. The Morgan fingerprint density at radius 1 is 0.821 bits per heavy atom. The van der Waals surface area contributed by atoms with E-state index in [0.29, 0.717) is 12.1 Å². The average molecular weight is 372 g/mol. The lowest BCUT2D eigenvalue weighted by atomic mass is 9.70. The Kier molecular flexibility index (Phi) is 3.72. The van der Waals surface area contributed by atoms with Crippen LogP contribution in [0.3, 0.4) is 0 Å². The van der Waals surface area contributed by atoms with E-state index in [9.17, 15) is 14.4 Å². The largest absolute Gasteiger partial charge is 0.350 e. The van der Waals surface area contributed by atoms with Gasteiger partial charge < -0.3 is 4.57 Å². The molecule has 1 saturated heterocycles. The standard InChI is InChI=1S/C23H20N2O3/c1-24-13-19(16-9-5-6-10-20(16)24)17-11-15(26)12-18-21(17)23(28)25(22(18)27)14-7-3-2-4-8-14/h2-10,13,17-18,21H,11-12H2,1H3/t17-,18-,21+/m1/s1. The fourth-order valence-corrected chi connectivity index (χ4v) is 4.92. The van der Waals surface area contributed by atoms with Crippen LogP contribution in [0.5, 0.6) is 0 Å². The number of ketones is 1. The lowest BCUT2D eigenvalue weighted by Crippen LogP contribution is -2.34. The maximum atomic E-state index is 13.4. The molecule has 3 aromatic rings. The van der Waals surface area contributed by atoms with Gasteiger partial charge in [0.2, 0.25) is 11.8 Å². The summed E-state index contributed by atoms with van der Waals surface area (Å²) in [5.74, 6) is -1.72. The molecular weight excluding hydrogens is 352 g/mol. The summed E-state index contributed by atoms with van der Waals surface area (Å²) in [6.07, 6.45) is 2.46. The van der Waals surface area contributed by atoms with Gasteiger partial charge in [-0.3, -0.25) is 19.3 Å². The minimum Gasteiger partial charge on any atom is -0.350 e. The fourth-order valence-electron chi connectivity index (χ4n) is 4.92. The summed E-state index contributed by atoms with van der Waals surface area (Å²) in [4.78, 5) is 40.3. The monoisotopic (exact) mass is 372 g/mol. The molecule has 3 atom stereocenters. The minimum absolute atomic E-state index is 0.0512. The number of hydrogen-bond acceptors (Lipinski definition) is 3. The van der Waals surface area contributed by atoms with Crippen molar-refractivity contribution in [1.29, 1.82) is 0 Å². The van der Waals surface area contributed by atoms with Crippen LogP contribution in [-0.2, 0) is 21.4 Å². The number of benzene rings is 2. The van der Waals surface area contributed by atoms with Crippen LogP contribution in [0.1, 0.15) is 24.3 Å². The van der Waals surface area contributed by atoms with Crippen molar-refractivity contribution in [2.24, 2.45) is 18.9 Å². The number of Topliss-reactive ketones (excluding diaryl/α,β-unsaturated/α-hetero) is 1. The molecule has 1 aliphatic carbocycles. The Labute approximate surface area is 162 Å². The first-order chi connectivity index (χ1) is 13.6. The number of amides is 2. The third-order valence-electron chi connectivity index (χ3n) is 6.15. The van der Waals surface area contributed by atoms with E-state index in [4.69, 9.17) is 0 Å². The zero-order valence-electron chi connectivity index (χ0n) is 15.5. The van der Waals surface area contributed by atoms with E-state index in [2.05, 4.69) is 0 Å². The number of aromatic nitrogens is 1. The molecule has 1 aromatic heterocycles. The average Bonchev–Trinajstić information content (AvgIpc) is 3.17. The summed E-state index contributed by atoms with van der Waals surface area (Å²) in [5, 5.41) is 1.04. The number of rotatable bonds is 2. The molecule has 2 fully saturated rings. The van der Waals surface area contributed by atoms with E-state index in [1.54, 1.807) is 12.1 Å². The van der Waals surface area contributed by atoms with Crippen LogP contribution in [0.2, 0.25) is 0 Å². The summed E-state index contributed by atoms with van der Waals surface area (Å²) in [6.45, 7) is 0. The topological polar surface area (TPSA) is 59.4 Å². The third kappa shape index (κ3) is 2.35. The van der Waals surface area contributed by atoms with Crippen molar-refractivity contribution < 1.29 is 14.4 Å². The van der Waals surface area contributed by atoms with E-state index >= 15 is 0 Å². The first-order valence-corrected chi connectivity index (χ1v) is 9.55. The molecule has 2 amide bonds. The van der Waals surface area contributed by atoms with Gasteiger partial charge in [-0.2, -0.15) is 0 Å². The molecule has 5 heteroatoms. The zero-order valence-corrected chi connectivity index (χ0v) is 15.5. The number of aryl methyl sites for hydroxylation is 1. The first kappa shape index (κ1) is 16.9. The quantitative estimate of drug-likeness (QED) is 0.648. The van der Waals surface area contributed by atoms with Crippen molar-refractivity contribution in [2.45, 2.75) is 18.8 Å². The van der Waals surface area contributed by atoms with Crippen molar-refractivity contribution in [3.05, 3.63) is 66.4 Å². The maximum Gasteiger partial charge on any atom is 0.238 e. The lowest BCUT2D eigenvalue weighted by molar-refractivity contribution is -0.130. The predicted molar refractivity (Wildman–Crippen MR) is 106 cm³/mol. The Morgan fingerprint density at radius 2 is 1.50 bits per heavy atom. The summed E-state index contributed by atoms with van der Waals surface area (Å²) >= 11 is 0. The van der Waals surface area contributed by atoms with Crippen molar-refractivity contribution in [1.82, 2.24) is 4.57 Å². The van der Waals surface area contributed by atoms with Crippen LogP contribution in [0, 0.1) is 11.8 Å². The Hall–Kier alpha value is -3.21. The molecule has 1 aliphatic heterocycles. The van der Waals surface area contributed by atoms with Crippen LogP contribution in [0.25, 0.3) is 10.9 Å². The van der Waals surface area contributed by atoms with Gasteiger partial charge in [-0.1, -0.05) is 36.4 Å². The predicted octanol–water partition coefficient (Wildman–Crippen LogP) is 3.43. The van der Waals surface area contributed by atoms with Gasteiger partial charge in [0.05, 0.1) is 17.5 Å². The zero-order chi connectivity index (χ0) is 19.4. The molecule has 0 spiro atoms. The number of anilines is 1. The fraction of sp³-hybridized carbons (Fsp3) is 0.261. The highest BCUT2D eigenvalue weighted by molar-refractivity contribution is 6.23. The third-order valence-corrected chi connectivity index (χ3v) is 6.15. The molecular formula is C23H20N2O3. The number of hydrogen-bond donors (Lipinski definition) is 0. The van der Waals surface area contributed by atoms with Crippen LogP contribution < -0.4 is 4.90 Å². The normalized spacial score (nSPS) is 24.8. The van der Waals surface area contributed by atoms with Crippen LogP contribution >= 0.6 is 0 Å². The highest BCUT2D eigenvalue weighted by Crippen LogP contribution is 2.48. The van der Waals surface area contributed by atoms with E-state index in [-0.39, 0.29) is 29.9 Å². The van der Waals surface area contributed by atoms with Gasteiger partial charge in [0.15, 0.2) is 0 Å². The molecule has 1 saturated carbocycles. The summed E-state index contributed by atoms with van der Waals surface area (Å²) < 4.78 is 2.02. The van der Waals surface area contributed by atoms with E-state index in [1.807, 2.05) is 60.3 Å². The molecule has 0 radical (unpaired) electrons. The molecule has 140 valence electrons. The van der Waals surface area contributed by atoms with Crippen molar-refractivity contribution in [3.8, 4) is 0 Å². The molecule has 2 aliphatic rings. The Bertz CT molecular complexity index is 1120. The van der Waals surface area contributed by atoms with E-state index in [0.717, 1.165) is 16.5 Å². The highest BCUT2D eigenvalue weighted by atomic mass is 16.2. The molecule has 2 heterocycles. The van der Waals surface area contributed by atoms with E-state index in [1.165, 1.54) is 4.90 Å². The second kappa shape index (κ2) is 6.16. The van der Waals surface area contributed by atoms with Gasteiger partial charge >= 0.3 is 0 Å². The second-order valence-corrected chi connectivity index (χ2v) is 7.75. The number of nitrogens with zero attached hydrogens (tertiary/aromatic N) is 2. The number of carbonyl (C=O) groups is 3. The van der Waals surface area contributed by atoms with Gasteiger partial charge in [-0.05, 0) is 23.8 Å². The van der Waals surface area contributed by atoms with Crippen molar-refractivity contribution in [3.63, 3.8) is 0 Å². The van der Waals surface area contributed by atoms with Crippen molar-refractivity contribution in [2.75, 3.05) is 4.90 Å². The van der Waals surface area contributed by atoms with Crippen LogP contribution in [0.4, 0.5) is 5.69 Å². The molecule has 0 N–H and O–H groups in total. The molecule has 2 aromatic carbocycles. The smallest absolute Gasteiger partial charge is 0.238 e. The maximum absolute atomic E-state index is 13.4. The van der Waals surface area contributed by atoms with Crippen LogP contribution in [-0.4, -0.2) is 22.2 Å². The van der Waals surface area contributed by atoms with Gasteiger partial charge in [0.1, 0.15) is 5.78 Å². The lowest BCUT2D eigenvalue weighted by Gasteiger charge is -2.29. The van der Waals surface area contributed by atoms with Gasteiger partial charge in [0.25, 0.3) is 0 Å². The molecule has 28 heavy (non-hydrogen) atoms. The Morgan fingerprint density at radius 3 is 2.29 bits per heavy atom. The van der Waals surface area contributed by atoms with Gasteiger partial charge in [-0.15, -0.1) is 0 Å². The van der Waals surface area contributed by atoms with Gasteiger partial charge in [0, 0.05) is 42.9 Å². The second-order valence-electron chi connectivity index (χ2n) is 7.75. The molecule has 5 rings (SSSR count). The number of para-hydroxylation sites is 2. The number of fused-ring (bicyclic) bond motifs is 2. The van der Waals surface area contributed by atoms with E-state index < -0.39 is 11.8 Å². The van der Waals surface area contributed by atoms with Crippen molar-refractivity contribution >= 4 is 34.2 Å². The summed E-state index contributed by atoms with van der Waals surface area (Å²) in [7, 11) is 1.96. The molecule has 0 bridgehead atoms. The molecule has 5 nitrogen and oxygen atoms in total. The summed E-state index contributed by atoms with van der Waals surface area (Å²) in [6, 6.07) is 17.0. The minimum atomic E-state index is -0.571. The van der Waals surface area contributed by atoms with Crippen LogP contribution in [0.15, 0.2) is 60.8 Å². The Balaban J connectivity index is 1.63. The van der Waals surface area contributed by atoms with Gasteiger partial charge in [-0.25, -0.2) is 0 Å². The summed E-state index contributed by atoms with van der Waals surface area (Å²) in [5.41, 5.74) is 2.62. The number of imide groups is 1.